The molecular weight excluding hydrogens is 362 g/mol. The Balaban J connectivity index is 1.98. The van der Waals surface area contributed by atoms with Crippen molar-refractivity contribution in [2.75, 3.05) is 6.54 Å². The summed E-state index contributed by atoms with van der Waals surface area (Å²) in [6.07, 6.45) is 7.58. The van der Waals surface area contributed by atoms with E-state index in [0.717, 1.165) is 31.7 Å². The normalized spacial score (nSPS) is 17.7. The maximum absolute atomic E-state index is 2.79. The zero-order valence-electron chi connectivity index (χ0n) is 20.2. The Morgan fingerprint density at radius 3 is 1.90 bits per heavy atom. The predicted octanol–water partition coefficient (Wildman–Crippen LogP) is 8.25. The van der Waals surface area contributed by atoms with E-state index in [1.54, 1.807) is 0 Å². The number of rotatable bonds is 11. The largest absolute Gasteiger partial charge is 0.284 e. The fourth-order valence-electron chi connectivity index (χ4n) is 5.78. The SMILES string of the molecule is CCN(C(C)(CC)c1ccccc1)C(CC)(CC)c1ccc(C(C)CC2CC2)cc1. The summed E-state index contributed by atoms with van der Waals surface area (Å²) < 4.78 is 0. The highest BCUT2D eigenvalue weighted by Crippen LogP contribution is 2.46. The number of hydrogen-bond acceptors (Lipinski definition) is 1. The summed E-state index contributed by atoms with van der Waals surface area (Å²) in [6.45, 7) is 15.3. The summed E-state index contributed by atoms with van der Waals surface area (Å²) in [4.78, 5) is 2.79. The van der Waals surface area contributed by atoms with Crippen LogP contribution in [0.3, 0.4) is 0 Å². The molecule has 0 amide bonds. The maximum Gasteiger partial charge on any atom is 0.0463 e. The van der Waals surface area contributed by atoms with E-state index >= 15 is 0 Å². The summed E-state index contributed by atoms with van der Waals surface area (Å²) in [7, 11) is 0. The second-order valence-corrected chi connectivity index (χ2v) is 9.68. The van der Waals surface area contributed by atoms with E-state index in [4.69, 9.17) is 0 Å². The zero-order valence-corrected chi connectivity index (χ0v) is 20.2. The molecule has 0 radical (unpaired) electrons. The first kappa shape index (κ1) is 23.1. The predicted molar refractivity (Wildman–Crippen MR) is 131 cm³/mol. The molecule has 0 N–H and O–H groups in total. The average Bonchev–Trinajstić information content (AvgIpc) is 3.62. The summed E-state index contributed by atoms with van der Waals surface area (Å²) >= 11 is 0. The van der Waals surface area contributed by atoms with Crippen molar-refractivity contribution in [1.29, 1.82) is 0 Å². The minimum Gasteiger partial charge on any atom is -0.284 e. The first-order valence-corrected chi connectivity index (χ1v) is 12.4. The van der Waals surface area contributed by atoms with Crippen LogP contribution < -0.4 is 0 Å². The smallest absolute Gasteiger partial charge is 0.0463 e. The molecule has 1 aliphatic rings. The Hall–Kier alpha value is -1.60. The first-order chi connectivity index (χ1) is 14.4. The lowest BCUT2D eigenvalue weighted by molar-refractivity contribution is -0.0263. The van der Waals surface area contributed by atoms with Gasteiger partial charge in [0.1, 0.15) is 0 Å². The van der Waals surface area contributed by atoms with Gasteiger partial charge in [0, 0.05) is 11.1 Å². The summed E-state index contributed by atoms with van der Waals surface area (Å²) in [5.74, 6) is 1.66. The fraction of sp³-hybridized carbons (Fsp3) is 0.586. The van der Waals surface area contributed by atoms with E-state index in [2.05, 4.69) is 101 Å². The third-order valence-corrected chi connectivity index (χ3v) is 8.08. The number of nitrogens with zero attached hydrogens (tertiary/aromatic N) is 1. The van der Waals surface area contributed by atoms with Crippen molar-refractivity contribution in [3.8, 4) is 0 Å². The molecular formula is C29H43N. The van der Waals surface area contributed by atoms with Crippen LogP contribution in [0.5, 0.6) is 0 Å². The molecule has 1 nitrogen and oxygen atoms in total. The average molecular weight is 406 g/mol. The molecule has 2 unspecified atom stereocenters. The molecule has 2 aromatic rings. The molecule has 3 rings (SSSR count). The molecule has 0 spiro atoms. The van der Waals surface area contributed by atoms with E-state index in [9.17, 15) is 0 Å². The second-order valence-electron chi connectivity index (χ2n) is 9.68. The molecule has 0 bridgehead atoms. The molecule has 1 saturated carbocycles. The van der Waals surface area contributed by atoms with Crippen molar-refractivity contribution in [2.45, 2.75) is 97.1 Å². The van der Waals surface area contributed by atoms with Gasteiger partial charge in [-0.2, -0.15) is 0 Å². The first-order valence-electron chi connectivity index (χ1n) is 12.4. The fourth-order valence-corrected chi connectivity index (χ4v) is 5.78. The highest BCUT2D eigenvalue weighted by atomic mass is 15.3. The Kier molecular flexibility index (Phi) is 7.45. The van der Waals surface area contributed by atoms with Gasteiger partial charge in [-0.1, -0.05) is 102 Å². The molecule has 30 heavy (non-hydrogen) atoms. The highest BCUT2D eigenvalue weighted by molar-refractivity contribution is 5.33. The third-order valence-electron chi connectivity index (χ3n) is 8.08. The van der Waals surface area contributed by atoms with Crippen LogP contribution >= 0.6 is 0 Å². The lowest BCUT2D eigenvalue weighted by Gasteiger charge is -2.53. The monoisotopic (exact) mass is 405 g/mol. The van der Waals surface area contributed by atoms with Gasteiger partial charge in [-0.25, -0.2) is 0 Å². The Morgan fingerprint density at radius 2 is 1.43 bits per heavy atom. The highest BCUT2D eigenvalue weighted by Gasteiger charge is 2.44. The molecule has 1 aliphatic carbocycles. The van der Waals surface area contributed by atoms with E-state index in [-0.39, 0.29) is 11.1 Å². The van der Waals surface area contributed by atoms with E-state index in [1.807, 2.05) is 0 Å². The Labute approximate surface area is 185 Å². The molecule has 1 fully saturated rings. The standard InChI is InChI=1S/C29H43N/c1-7-28(6,26-14-12-11-13-15-26)30(10-4)29(8-2,9-3)27-20-18-25(19-21-27)23(5)22-24-16-17-24/h11-15,18-21,23-24H,7-10,16-17,22H2,1-6H3. The molecule has 0 heterocycles. The topological polar surface area (TPSA) is 3.24 Å². The van der Waals surface area contributed by atoms with E-state index in [1.165, 1.54) is 36.0 Å². The number of benzene rings is 2. The van der Waals surface area contributed by atoms with Crippen molar-refractivity contribution in [2.24, 2.45) is 5.92 Å². The van der Waals surface area contributed by atoms with Crippen LogP contribution in [0.2, 0.25) is 0 Å². The van der Waals surface area contributed by atoms with Crippen molar-refractivity contribution >= 4 is 0 Å². The van der Waals surface area contributed by atoms with Gasteiger partial charge in [0.05, 0.1) is 0 Å². The van der Waals surface area contributed by atoms with Gasteiger partial charge in [-0.15, -0.1) is 0 Å². The molecule has 164 valence electrons. The van der Waals surface area contributed by atoms with Gasteiger partial charge in [-0.3, -0.25) is 4.90 Å². The molecule has 0 aliphatic heterocycles. The summed E-state index contributed by atoms with van der Waals surface area (Å²) in [5.41, 5.74) is 4.48. The maximum atomic E-state index is 2.79. The van der Waals surface area contributed by atoms with Gasteiger partial charge in [0.2, 0.25) is 0 Å². The van der Waals surface area contributed by atoms with Crippen LogP contribution in [0.15, 0.2) is 54.6 Å². The van der Waals surface area contributed by atoms with E-state index in [0.29, 0.717) is 5.92 Å². The Bertz CT molecular complexity index is 770. The summed E-state index contributed by atoms with van der Waals surface area (Å²) in [5, 5.41) is 0. The van der Waals surface area contributed by atoms with Crippen molar-refractivity contribution < 1.29 is 0 Å². The van der Waals surface area contributed by atoms with Gasteiger partial charge >= 0.3 is 0 Å². The lowest BCUT2D eigenvalue weighted by atomic mass is 9.76. The molecule has 2 atom stereocenters. The van der Waals surface area contributed by atoms with Crippen molar-refractivity contribution in [3.63, 3.8) is 0 Å². The van der Waals surface area contributed by atoms with Crippen LogP contribution in [0.25, 0.3) is 0 Å². The van der Waals surface area contributed by atoms with E-state index < -0.39 is 0 Å². The van der Waals surface area contributed by atoms with Crippen LogP contribution in [-0.2, 0) is 11.1 Å². The van der Waals surface area contributed by atoms with Crippen molar-refractivity contribution in [3.05, 3.63) is 71.3 Å². The molecule has 0 aromatic heterocycles. The lowest BCUT2D eigenvalue weighted by Crippen LogP contribution is -2.55. The van der Waals surface area contributed by atoms with Gasteiger partial charge in [0.25, 0.3) is 0 Å². The minimum absolute atomic E-state index is 0.0139. The molecule has 1 heteroatoms. The quantitative estimate of drug-likeness (QED) is 0.364. The van der Waals surface area contributed by atoms with Crippen LogP contribution in [0.1, 0.15) is 103 Å². The van der Waals surface area contributed by atoms with Crippen molar-refractivity contribution in [1.82, 2.24) is 4.90 Å². The molecule has 2 aromatic carbocycles. The minimum atomic E-state index is 0.0139. The van der Waals surface area contributed by atoms with Gasteiger partial charge in [0.15, 0.2) is 0 Å². The van der Waals surface area contributed by atoms with Crippen LogP contribution in [0, 0.1) is 5.92 Å². The zero-order chi connectivity index (χ0) is 21.8. The van der Waals surface area contributed by atoms with Crippen LogP contribution in [0.4, 0.5) is 0 Å². The Morgan fingerprint density at radius 1 is 0.833 bits per heavy atom. The van der Waals surface area contributed by atoms with Gasteiger partial charge < -0.3 is 0 Å². The third kappa shape index (κ3) is 4.37. The van der Waals surface area contributed by atoms with Gasteiger partial charge in [-0.05, 0) is 67.7 Å². The number of hydrogen-bond donors (Lipinski definition) is 0. The molecule has 0 saturated heterocycles. The second kappa shape index (κ2) is 9.69. The summed E-state index contributed by atoms with van der Waals surface area (Å²) in [6, 6.07) is 20.8. The van der Waals surface area contributed by atoms with Crippen LogP contribution in [-0.4, -0.2) is 11.4 Å².